The average Bonchev–Trinajstić information content (AvgIpc) is 2.77. The fraction of sp³-hybridized carbons (Fsp3) is 0.643. The highest BCUT2D eigenvalue weighted by Gasteiger charge is 2.56. The van der Waals surface area contributed by atoms with E-state index in [9.17, 15) is 4.79 Å². The number of hydrogen-bond acceptors (Lipinski definition) is 5. The first-order chi connectivity index (χ1) is 9.11. The number of nitrogens with two attached hydrogens (primary N) is 1. The van der Waals surface area contributed by atoms with E-state index in [4.69, 9.17) is 10.5 Å². The molecule has 1 aromatic rings. The maximum atomic E-state index is 11.6. The minimum atomic E-state index is -0.561. The van der Waals surface area contributed by atoms with E-state index in [2.05, 4.69) is 29.1 Å². The van der Waals surface area contributed by atoms with Gasteiger partial charge in [0.2, 0.25) is 5.95 Å². The van der Waals surface area contributed by atoms with E-state index in [-0.39, 0.29) is 23.3 Å². The maximum Gasteiger partial charge on any atom is 0.414 e. The molecular formula is C14H22N4O2. The second-order valence-corrected chi connectivity index (χ2v) is 6.79. The molecule has 1 aliphatic carbocycles. The summed E-state index contributed by atoms with van der Waals surface area (Å²) < 4.78 is 5.13. The summed E-state index contributed by atoms with van der Waals surface area (Å²) in [5.74, 6) is 0.508. The van der Waals surface area contributed by atoms with Crippen molar-refractivity contribution < 1.29 is 9.53 Å². The Kier molecular flexibility index (Phi) is 3.46. The van der Waals surface area contributed by atoms with E-state index < -0.39 is 11.7 Å². The summed E-state index contributed by atoms with van der Waals surface area (Å²) in [6, 6.07) is 0.135. The van der Waals surface area contributed by atoms with Crippen LogP contribution in [0.4, 0.5) is 10.7 Å². The number of ether oxygens (including phenoxy) is 1. The first-order valence-electron chi connectivity index (χ1n) is 6.69. The van der Waals surface area contributed by atoms with E-state index in [0.717, 1.165) is 5.56 Å². The van der Waals surface area contributed by atoms with Crippen molar-refractivity contribution in [1.29, 1.82) is 0 Å². The second kappa shape index (κ2) is 4.70. The van der Waals surface area contributed by atoms with Crippen LogP contribution in [0.3, 0.4) is 0 Å². The lowest BCUT2D eigenvalue weighted by molar-refractivity contribution is 0.0634. The van der Waals surface area contributed by atoms with Crippen molar-refractivity contribution in [2.24, 2.45) is 11.1 Å². The fourth-order valence-electron chi connectivity index (χ4n) is 2.27. The molecule has 2 rings (SSSR count). The van der Waals surface area contributed by atoms with Crippen LogP contribution < -0.4 is 11.1 Å². The normalized spacial score (nSPS) is 24.1. The lowest BCUT2D eigenvalue weighted by atomic mass is 10.1. The first kappa shape index (κ1) is 14.7. The van der Waals surface area contributed by atoms with Crippen molar-refractivity contribution in [2.75, 3.05) is 5.32 Å². The lowest BCUT2D eigenvalue weighted by Crippen LogP contribution is -2.27. The van der Waals surface area contributed by atoms with Crippen molar-refractivity contribution in [3.05, 3.63) is 18.0 Å². The Morgan fingerprint density at radius 2 is 1.85 bits per heavy atom. The average molecular weight is 278 g/mol. The number of aromatic nitrogens is 2. The molecule has 110 valence electrons. The van der Waals surface area contributed by atoms with Gasteiger partial charge < -0.3 is 10.5 Å². The highest BCUT2D eigenvalue weighted by atomic mass is 16.6. The smallest absolute Gasteiger partial charge is 0.414 e. The van der Waals surface area contributed by atoms with Crippen molar-refractivity contribution >= 4 is 12.0 Å². The molecule has 0 radical (unpaired) electrons. The standard InChI is InChI=1S/C14H22N4O2/c1-13(2,3)20-12(19)18-11-16-6-8(7-17-11)9-10(15)14(9,4)5/h6-7,9-10H,15H2,1-5H3,(H,16,17,18,19)/t9-,10-/m0/s1. The van der Waals surface area contributed by atoms with E-state index in [1.54, 1.807) is 33.2 Å². The molecular weight excluding hydrogens is 256 g/mol. The molecule has 1 fully saturated rings. The second-order valence-electron chi connectivity index (χ2n) is 6.79. The third kappa shape index (κ3) is 3.07. The Hall–Kier alpha value is -1.69. The molecule has 0 saturated heterocycles. The van der Waals surface area contributed by atoms with Gasteiger partial charge in [-0.15, -0.1) is 0 Å². The number of amides is 1. The molecule has 2 atom stereocenters. The number of anilines is 1. The van der Waals surface area contributed by atoms with Crippen LogP contribution in [0.15, 0.2) is 12.4 Å². The zero-order valence-electron chi connectivity index (χ0n) is 12.6. The summed E-state index contributed by atoms with van der Waals surface area (Å²) in [7, 11) is 0. The summed E-state index contributed by atoms with van der Waals surface area (Å²) in [6.07, 6.45) is 2.85. The number of carbonyl (C=O) groups excluding carboxylic acids is 1. The highest BCUT2D eigenvalue weighted by Crippen LogP contribution is 2.56. The van der Waals surface area contributed by atoms with E-state index in [0.29, 0.717) is 0 Å². The Balaban J connectivity index is 1.98. The van der Waals surface area contributed by atoms with Gasteiger partial charge in [-0.2, -0.15) is 0 Å². The van der Waals surface area contributed by atoms with E-state index in [1.165, 1.54) is 0 Å². The zero-order valence-corrected chi connectivity index (χ0v) is 12.6. The number of rotatable bonds is 2. The summed E-state index contributed by atoms with van der Waals surface area (Å²) in [5, 5.41) is 2.50. The predicted molar refractivity (Wildman–Crippen MR) is 76.4 cm³/mol. The third-order valence-corrected chi connectivity index (χ3v) is 3.55. The van der Waals surface area contributed by atoms with Gasteiger partial charge in [-0.1, -0.05) is 13.8 Å². The molecule has 0 aromatic carbocycles. The van der Waals surface area contributed by atoms with Gasteiger partial charge in [0.25, 0.3) is 0 Å². The maximum absolute atomic E-state index is 11.6. The van der Waals surface area contributed by atoms with Gasteiger partial charge in [-0.3, -0.25) is 5.32 Å². The first-order valence-corrected chi connectivity index (χ1v) is 6.69. The molecule has 1 aromatic heterocycles. The van der Waals surface area contributed by atoms with Crippen LogP contribution >= 0.6 is 0 Å². The van der Waals surface area contributed by atoms with Crippen LogP contribution in [0.1, 0.15) is 46.1 Å². The topological polar surface area (TPSA) is 90.1 Å². The van der Waals surface area contributed by atoms with Crippen LogP contribution in [-0.4, -0.2) is 27.7 Å². The Labute approximate surface area is 119 Å². The van der Waals surface area contributed by atoms with Gasteiger partial charge in [0.05, 0.1) is 0 Å². The van der Waals surface area contributed by atoms with Crippen molar-refractivity contribution in [1.82, 2.24) is 9.97 Å². The summed E-state index contributed by atoms with van der Waals surface area (Å²) in [4.78, 5) is 19.8. The Morgan fingerprint density at radius 3 is 2.25 bits per heavy atom. The van der Waals surface area contributed by atoms with Crippen LogP contribution in [-0.2, 0) is 4.74 Å². The van der Waals surface area contributed by atoms with Crippen LogP contribution in [0.25, 0.3) is 0 Å². The van der Waals surface area contributed by atoms with Gasteiger partial charge in [0, 0.05) is 24.4 Å². The minimum absolute atomic E-state index is 0.0868. The minimum Gasteiger partial charge on any atom is -0.444 e. The number of nitrogens with one attached hydrogen (secondary N) is 1. The molecule has 3 N–H and O–H groups in total. The van der Waals surface area contributed by atoms with Crippen LogP contribution in [0.5, 0.6) is 0 Å². The lowest BCUT2D eigenvalue weighted by Gasteiger charge is -2.19. The quantitative estimate of drug-likeness (QED) is 0.866. The summed E-state index contributed by atoms with van der Waals surface area (Å²) in [5.41, 5.74) is 6.56. The fourth-order valence-corrected chi connectivity index (χ4v) is 2.27. The zero-order chi connectivity index (χ0) is 15.1. The van der Waals surface area contributed by atoms with E-state index >= 15 is 0 Å². The molecule has 0 unspecified atom stereocenters. The molecule has 1 heterocycles. The molecule has 0 bridgehead atoms. The van der Waals surface area contributed by atoms with Gasteiger partial charge >= 0.3 is 6.09 Å². The summed E-state index contributed by atoms with van der Waals surface area (Å²) >= 11 is 0. The molecule has 1 amide bonds. The van der Waals surface area contributed by atoms with Crippen LogP contribution in [0, 0.1) is 5.41 Å². The predicted octanol–water partition coefficient (Wildman–Crippen LogP) is 2.27. The van der Waals surface area contributed by atoms with Crippen molar-refractivity contribution in [3.63, 3.8) is 0 Å². The summed E-state index contributed by atoms with van der Waals surface area (Å²) in [6.45, 7) is 9.64. The molecule has 0 spiro atoms. The van der Waals surface area contributed by atoms with Gasteiger partial charge in [0.15, 0.2) is 0 Å². The van der Waals surface area contributed by atoms with E-state index in [1.807, 2.05) is 0 Å². The third-order valence-electron chi connectivity index (χ3n) is 3.55. The molecule has 0 aliphatic heterocycles. The van der Waals surface area contributed by atoms with Gasteiger partial charge in [0.1, 0.15) is 5.60 Å². The van der Waals surface area contributed by atoms with Crippen LogP contribution in [0.2, 0.25) is 0 Å². The Morgan fingerprint density at radius 1 is 1.35 bits per heavy atom. The number of nitrogens with zero attached hydrogens (tertiary/aromatic N) is 2. The van der Waals surface area contributed by atoms with Gasteiger partial charge in [-0.25, -0.2) is 14.8 Å². The largest absolute Gasteiger partial charge is 0.444 e. The molecule has 1 saturated carbocycles. The number of hydrogen-bond donors (Lipinski definition) is 2. The molecule has 1 aliphatic rings. The molecule has 20 heavy (non-hydrogen) atoms. The van der Waals surface area contributed by atoms with Crippen molar-refractivity contribution in [2.45, 2.75) is 52.2 Å². The van der Waals surface area contributed by atoms with Crippen molar-refractivity contribution in [3.8, 4) is 0 Å². The Bertz CT molecular complexity index is 505. The number of carbonyl (C=O) groups is 1. The monoisotopic (exact) mass is 278 g/mol. The molecule has 6 heteroatoms. The molecule has 6 nitrogen and oxygen atoms in total. The van der Waals surface area contributed by atoms with Gasteiger partial charge in [-0.05, 0) is 31.7 Å². The SMILES string of the molecule is CC(C)(C)OC(=O)Nc1ncc([C@H]2[C@H](N)C2(C)C)cn1. The highest BCUT2D eigenvalue weighted by molar-refractivity contribution is 5.82.